The van der Waals surface area contributed by atoms with Crippen LogP contribution in [0.5, 0.6) is 0 Å². The number of carbonyl (C=O) groups is 4. The molecule has 9 heteroatoms. The van der Waals surface area contributed by atoms with E-state index in [1.54, 1.807) is 38.1 Å². The fourth-order valence-electron chi connectivity index (χ4n) is 3.89. The maximum atomic E-state index is 12.9. The highest BCUT2D eigenvalue weighted by Crippen LogP contribution is 2.28. The first-order valence-corrected chi connectivity index (χ1v) is 11.6. The van der Waals surface area contributed by atoms with E-state index in [0.717, 1.165) is 25.7 Å². The Labute approximate surface area is 186 Å². The minimum absolute atomic E-state index is 0.164. The van der Waals surface area contributed by atoms with Gasteiger partial charge in [0.25, 0.3) is 11.8 Å². The predicted octanol–water partition coefficient (Wildman–Crippen LogP) is 2.71. The van der Waals surface area contributed by atoms with Gasteiger partial charge in [-0.05, 0) is 51.7 Å². The Morgan fingerprint density at radius 2 is 2.03 bits per heavy atom. The van der Waals surface area contributed by atoms with Crippen molar-refractivity contribution in [3.63, 3.8) is 0 Å². The molecule has 2 fully saturated rings. The number of rotatable bonds is 7. The van der Waals surface area contributed by atoms with Crippen LogP contribution in [0, 0.1) is 0 Å². The summed E-state index contributed by atoms with van der Waals surface area (Å²) in [5, 5.41) is 4.83. The second-order valence-corrected chi connectivity index (χ2v) is 9.18. The molecule has 0 unspecified atom stereocenters. The van der Waals surface area contributed by atoms with Crippen molar-refractivity contribution in [1.29, 1.82) is 0 Å². The smallest absolute Gasteiger partial charge is 0.340 e. The van der Waals surface area contributed by atoms with E-state index >= 15 is 0 Å². The van der Waals surface area contributed by atoms with Crippen molar-refractivity contribution in [3.8, 4) is 0 Å². The van der Waals surface area contributed by atoms with E-state index < -0.39 is 29.6 Å². The standard InChI is InChI=1S/C22H29N3O5S/c1-4-15-9-7-8-12-25(15)18(26)14(2)30-19(27)16-10-5-6-11-17(16)31-13-22(3)20(28)23-21(29)24-22/h5-6,10-11,14-15H,4,7-9,12-13H2,1-3H3,(H2,23,24,28,29)/t14-,15+,22-/m0/s1. The van der Waals surface area contributed by atoms with Crippen molar-refractivity contribution in [1.82, 2.24) is 15.5 Å². The topological polar surface area (TPSA) is 105 Å². The van der Waals surface area contributed by atoms with Gasteiger partial charge in [-0.2, -0.15) is 0 Å². The second kappa shape index (κ2) is 9.72. The highest BCUT2D eigenvalue weighted by atomic mass is 32.2. The average Bonchev–Trinajstić information content (AvgIpc) is 3.03. The molecule has 2 aliphatic heterocycles. The van der Waals surface area contributed by atoms with E-state index in [-0.39, 0.29) is 17.7 Å². The number of esters is 1. The molecule has 0 saturated carbocycles. The van der Waals surface area contributed by atoms with Gasteiger partial charge in [0.2, 0.25) is 0 Å². The summed E-state index contributed by atoms with van der Waals surface area (Å²) in [5.74, 6) is -0.909. The van der Waals surface area contributed by atoms with Crippen LogP contribution in [-0.4, -0.2) is 58.7 Å². The molecule has 168 valence electrons. The third kappa shape index (κ3) is 5.20. The zero-order valence-corrected chi connectivity index (χ0v) is 18.9. The van der Waals surface area contributed by atoms with Crippen LogP contribution in [0.2, 0.25) is 0 Å². The number of likely N-dealkylation sites (tertiary alicyclic amines) is 1. The van der Waals surface area contributed by atoms with Gasteiger partial charge in [-0.1, -0.05) is 19.1 Å². The van der Waals surface area contributed by atoms with E-state index in [2.05, 4.69) is 17.6 Å². The SMILES string of the molecule is CC[C@@H]1CCCCN1C(=O)[C@H](C)OC(=O)c1ccccc1SC[C@]1(C)NC(=O)NC1=O. The first kappa shape index (κ1) is 23.1. The summed E-state index contributed by atoms with van der Waals surface area (Å²) in [4.78, 5) is 51.7. The van der Waals surface area contributed by atoms with Gasteiger partial charge in [0.1, 0.15) is 5.54 Å². The molecular formula is C22H29N3O5S. The van der Waals surface area contributed by atoms with Gasteiger partial charge in [0, 0.05) is 23.2 Å². The van der Waals surface area contributed by atoms with E-state index in [4.69, 9.17) is 4.74 Å². The molecule has 2 aliphatic rings. The third-order valence-electron chi connectivity index (χ3n) is 5.75. The van der Waals surface area contributed by atoms with Gasteiger partial charge >= 0.3 is 12.0 Å². The normalized spacial score (nSPS) is 24.4. The quantitative estimate of drug-likeness (QED) is 0.378. The molecule has 0 aromatic heterocycles. The summed E-state index contributed by atoms with van der Waals surface area (Å²) in [6.45, 7) is 5.99. The lowest BCUT2D eigenvalue weighted by Crippen LogP contribution is -2.48. The Balaban J connectivity index is 1.66. The molecule has 8 nitrogen and oxygen atoms in total. The van der Waals surface area contributed by atoms with Crippen LogP contribution in [0.3, 0.4) is 0 Å². The van der Waals surface area contributed by atoms with Gasteiger partial charge < -0.3 is 15.0 Å². The van der Waals surface area contributed by atoms with E-state index in [0.29, 0.717) is 17.0 Å². The van der Waals surface area contributed by atoms with Crippen LogP contribution < -0.4 is 10.6 Å². The second-order valence-electron chi connectivity index (χ2n) is 8.16. The summed E-state index contributed by atoms with van der Waals surface area (Å²) in [5.41, 5.74) is -0.739. The number of thioether (sulfide) groups is 1. The van der Waals surface area contributed by atoms with Crippen molar-refractivity contribution in [3.05, 3.63) is 29.8 Å². The summed E-state index contributed by atoms with van der Waals surface area (Å²) >= 11 is 1.27. The number of hydrogen-bond acceptors (Lipinski definition) is 6. The molecule has 0 aliphatic carbocycles. The lowest BCUT2D eigenvalue weighted by Gasteiger charge is -2.36. The van der Waals surface area contributed by atoms with E-state index in [9.17, 15) is 19.2 Å². The van der Waals surface area contributed by atoms with Crippen molar-refractivity contribution in [2.75, 3.05) is 12.3 Å². The predicted molar refractivity (Wildman–Crippen MR) is 117 cm³/mol. The number of ether oxygens (including phenoxy) is 1. The number of nitrogens with zero attached hydrogens (tertiary/aromatic N) is 1. The van der Waals surface area contributed by atoms with Gasteiger partial charge in [0.15, 0.2) is 6.10 Å². The van der Waals surface area contributed by atoms with Crippen LogP contribution in [0.1, 0.15) is 56.8 Å². The molecule has 4 amide bonds. The van der Waals surface area contributed by atoms with E-state index in [1.807, 2.05) is 4.90 Å². The fraction of sp³-hybridized carbons (Fsp3) is 0.545. The zero-order valence-electron chi connectivity index (χ0n) is 18.1. The van der Waals surface area contributed by atoms with Crippen LogP contribution in [0.15, 0.2) is 29.2 Å². The molecule has 3 atom stereocenters. The number of urea groups is 1. The highest BCUT2D eigenvalue weighted by molar-refractivity contribution is 7.99. The largest absolute Gasteiger partial charge is 0.449 e. The number of piperidine rings is 1. The maximum absolute atomic E-state index is 12.9. The lowest BCUT2D eigenvalue weighted by molar-refractivity contribution is -0.143. The minimum Gasteiger partial charge on any atom is -0.449 e. The number of imide groups is 1. The molecule has 3 rings (SSSR count). The molecule has 1 aromatic carbocycles. The molecule has 2 heterocycles. The van der Waals surface area contributed by atoms with Crippen molar-refractivity contribution in [2.45, 2.75) is 69.0 Å². The zero-order chi connectivity index (χ0) is 22.6. The number of carbonyl (C=O) groups excluding carboxylic acids is 4. The molecule has 2 N–H and O–H groups in total. The monoisotopic (exact) mass is 447 g/mol. The Morgan fingerprint density at radius 1 is 1.29 bits per heavy atom. The highest BCUT2D eigenvalue weighted by Gasteiger charge is 2.42. The lowest BCUT2D eigenvalue weighted by atomic mass is 9.99. The van der Waals surface area contributed by atoms with E-state index in [1.165, 1.54) is 11.8 Å². The number of hydrogen-bond donors (Lipinski definition) is 2. The molecule has 0 radical (unpaired) electrons. The molecule has 1 aromatic rings. The number of benzene rings is 1. The molecule has 0 spiro atoms. The Kier molecular flexibility index (Phi) is 7.25. The van der Waals surface area contributed by atoms with Crippen LogP contribution in [0.4, 0.5) is 4.79 Å². The Bertz CT molecular complexity index is 876. The summed E-state index contributed by atoms with van der Waals surface area (Å²) in [6, 6.07) is 6.55. The minimum atomic E-state index is -1.06. The van der Waals surface area contributed by atoms with Crippen molar-refractivity contribution in [2.24, 2.45) is 0 Å². The van der Waals surface area contributed by atoms with Gasteiger partial charge in [-0.3, -0.25) is 14.9 Å². The number of amides is 4. The third-order valence-corrected chi connectivity index (χ3v) is 7.14. The first-order valence-electron chi connectivity index (χ1n) is 10.6. The van der Waals surface area contributed by atoms with Gasteiger partial charge in [0.05, 0.1) is 5.56 Å². The van der Waals surface area contributed by atoms with Crippen LogP contribution in [-0.2, 0) is 14.3 Å². The van der Waals surface area contributed by atoms with Gasteiger partial charge in [-0.15, -0.1) is 11.8 Å². The first-order chi connectivity index (χ1) is 14.7. The van der Waals surface area contributed by atoms with Gasteiger partial charge in [-0.25, -0.2) is 9.59 Å². The Hall–Kier alpha value is -2.55. The number of nitrogens with one attached hydrogen (secondary N) is 2. The van der Waals surface area contributed by atoms with Crippen molar-refractivity contribution < 1.29 is 23.9 Å². The summed E-state index contributed by atoms with van der Waals surface area (Å²) in [6.07, 6.45) is 3.05. The maximum Gasteiger partial charge on any atom is 0.340 e. The summed E-state index contributed by atoms with van der Waals surface area (Å²) in [7, 11) is 0. The van der Waals surface area contributed by atoms with Crippen molar-refractivity contribution >= 4 is 35.6 Å². The average molecular weight is 448 g/mol. The van der Waals surface area contributed by atoms with Crippen LogP contribution >= 0.6 is 11.8 Å². The fourth-order valence-corrected chi connectivity index (χ4v) is 5.02. The molecule has 31 heavy (non-hydrogen) atoms. The molecular weight excluding hydrogens is 418 g/mol. The summed E-state index contributed by atoms with van der Waals surface area (Å²) < 4.78 is 5.53. The Morgan fingerprint density at radius 3 is 2.71 bits per heavy atom. The molecule has 2 saturated heterocycles. The van der Waals surface area contributed by atoms with Crippen LogP contribution in [0.25, 0.3) is 0 Å². The molecule has 0 bridgehead atoms.